The molecule has 0 unspecified atom stereocenters. The smallest absolute Gasteiger partial charge is 0.286 e. The maximum absolute atomic E-state index is 12.1. The summed E-state index contributed by atoms with van der Waals surface area (Å²) in [4.78, 5) is 23.0. The zero-order valence-electron chi connectivity index (χ0n) is 14.9. The summed E-state index contributed by atoms with van der Waals surface area (Å²) in [6, 6.07) is 5.40. The van der Waals surface area contributed by atoms with Crippen LogP contribution in [0.15, 0.2) is 35.2 Å². The van der Waals surface area contributed by atoms with Crippen molar-refractivity contribution >= 4 is 17.5 Å². The average Bonchev–Trinajstić information content (AvgIpc) is 3.42. The Labute approximate surface area is 155 Å². The number of hydrogen-bond acceptors (Lipinski definition) is 7. The third-order valence-corrected chi connectivity index (χ3v) is 5.39. The fraction of sp³-hybridized carbons (Fsp3) is 0.444. The molecule has 0 radical (unpaired) electrons. The van der Waals surface area contributed by atoms with E-state index in [1.54, 1.807) is 16.6 Å². The summed E-state index contributed by atoms with van der Waals surface area (Å²) in [6.07, 6.45) is 3.17. The number of carbonyl (C=O) groups is 1. The summed E-state index contributed by atoms with van der Waals surface area (Å²) < 4.78 is 12.9. The number of amides is 1. The maximum Gasteiger partial charge on any atom is 0.286 e. The normalized spacial score (nSPS) is 24.5. The molecular formula is C18H20N6O3. The Morgan fingerprint density at radius 1 is 1.41 bits per heavy atom. The van der Waals surface area contributed by atoms with Crippen molar-refractivity contribution in [2.75, 3.05) is 31.1 Å². The molecule has 2 aliphatic rings. The summed E-state index contributed by atoms with van der Waals surface area (Å²) in [7, 11) is 0. The van der Waals surface area contributed by atoms with Gasteiger partial charge in [0.15, 0.2) is 5.76 Å². The van der Waals surface area contributed by atoms with Crippen LogP contribution in [0.5, 0.6) is 0 Å². The van der Waals surface area contributed by atoms with Crippen LogP contribution in [-0.4, -0.2) is 57.8 Å². The lowest BCUT2D eigenvalue weighted by Crippen LogP contribution is -2.34. The molecule has 5 heterocycles. The van der Waals surface area contributed by atoms with Crippen LogP contribution in [0.25, 0.3) is 5.78 Å². The van der Waals surface area contributed by atoms with Crippen molar-refractivity contribution < 1.29 is 13.9 Å². The molecule has 1 amide bonds. The van der Waals surface area contributed by atoms with E-state index in [2.05, 4.69) is 25.3 Å². The molecule has 2 saturated heterocycles. The van der Waals surface area contributed by atoms with Gasteiger partial charge in [0.05, 0.1) is 19.0 Å². The van der Waals surface area contributed by atoms with Crippen LogP contribution in [0.1, 0.15) is 16.2 Å². The van der Waals surface area contributed by atoms with Crippen LogP contribution >= 0.6 is 0 Å². The number of nitrogens with one attached hydrogen (secondary N) is 1. The van der Waals surface area contributed by atoms with E-state index in [0.29, 0.717) is 30.6 Å². The van der Waals surface area contributed by atoms with Crippen LogP contribution in [0, 0.1) is 18.8 Å². The molecule has 0 bridgehead atoms. The van der Waals surface area contributed by atoms with Gasteiger partial charge in [-0.2, -0.15) is 14.6 Å². The Kier molecular flexibility index (Phi) is 3.82. The molecule has 0 aliphatic carbocycles. The van der Waals surface area contributed by atoms with Crippen molar-refractivity contribution in [1.29, 1.82) is 0 Å². The van der Waals surface area contributed by atoms with Gasteiger partial charge in [-0.3, -0.25) is 4.79 Å². The number of carbonyl (C=O) groups excluding carboxylic acids is 1. The predicted molar refractivity (Wildman–Crippen MR) is 95.5 cm³/mol. The highest BCUT2D eigenvalue weighted by Crippen LogP contribution is 2.35. The molecule has 2 aliphatic heterocycles. The molecule has 9 nitrogen and oxygen atoms in total. The second-order valence-electron chi connectivity index (χ2n) is 7.12. The molecule has 0 spiro atoms. The summed E-state index contributed by atoms with van der Waals surface area (Å²) >= 11 is 0. The number of ether oxygens (including phenoxy) is 1. The van der Waals surface area contributed by atoms with Gasteiger partial charge in [-0.25, -0.2) is 4.98 Å². The van der Waals surface area contributed by atoms with Gasteiger partial charge in [0.1, 0.15) is 12.1 Å². The molecule has 3 aromatic rings. The Bertz CT molecular complexity index is 969. The zero-order chi connectivity index (χ0) is 18.4. The number of anilines is 1. The first kappa shape index (κ1) is 16.2. The van der Waals surface area contributed by atoms with E-state index in [1.165, 1.54) is 12.6 Å². The number of rotatable bonds is 4. The first-order chi connectivity index (χ1) is 13.2. The van der Waals surface area contributed by atoms with Crippen molar-refractivity contribution in [3.8, 4) is 0 Å². The van der Waals surface area contributed by atoms with E-state index in [0.717, 1.165) is 24.6 Å². The van der Waals surface area contributed by atoms with Crippen molar-refractivity contribution in [3.63, 3.8) is 0 Å². The van der Waals surface area contributed by atoms with E-state index < -0.39 is 0 Å². The Morgan fingerprint density at radius 2 is 2.33 bits per heavy atom. The number of nitrogens with zero attached hydrogens (tertiary/aromatic N) is 5. The van der Waals surface area contributed by atoms with Gasteiger partial charge in [0, 0.05) is 43.2 Å². The molecule has 27 heavy (non-hydrogen) atoms. The fourth-order valence-corrected chi connectivity index (χ4v) is 4.05. The Balaban J connectivity index is 1.29. The summed E-state index contributed by atoms with van der Waals surface area (Å²) in [6.45, 7) is 4.84. The largest absolute Gasteiger partial charge is 0.459 e. The van der Waals surface area contributed by atoms with Crippen LogP contribution in [0.3, 0.4) is 0 Å². The molecule has 5 rings (SSSR count). The van der Waals surface area contributed by atoms with Crippen molar-refractivity contribution in [3.05, 3.63) is 42.2 Å². The minimum Gasteiger partial charge on any atom is -0.459 e. The molecular weight excluding hydrogens is 348 g/mol. The first-order valence-electron chi connectivity index (χ1n) is 9.04. The summed E-state index contributed by atoms with van der Waals surface area (Å²) in [5.41, 5.74) is 0.908. The Morgan fingerprint density at radius 3 is 3.19 bits per heavy atom. The van der Waals surface area contributed by atoms with Gasteiger partial charge in [-0.05, 0) is 19.1 Å². The van der Waals surface area contributed by atoms with Gasteiger partial charge < -0.3 is 19.4 Å². The van der Waals surface area contributed by atoms with E-state index >= 15 is 0 Å². The second kappa shape index (κ2) is 6.34. The maximum atomic E-state index is 12.1. The molecule has 0 aromatic carbocycles. The van der Waals surface area contributed by atoms with E-state index in [4.69, 9.17) is 9.15 Å². The van der Waals surface area contributed by atoms with Crippen molar-refractivity contribution in [2.24, 2.45) is 11.8 Å². The minimum absolute atomic E-state index is 0.155. The van der Waals surface area contributed by atoms with Crippen molar-refractivity contribution in [1.82, 2.24) is 24.9 Å². The molecule has 9 heteroatoms. The van der Waals surface area contributed by atoms with Gasteiger partial charge in [0.2, 0.25) is 0 Å². The quantitative estimate of drug-likeness (QED) is 0.731. The number of fused-ring (bicyclic) bond motifs is 2. The second-order valence-corrected chi connectivity index (χ2v) is 7.12. The average molecular weight is 368 g/mol. The minimum atomic E-state index is -0.188. The van der Waals surface area contributed by atoms with Crippen LogP contribution in [0.4, 0.5) is 5.82 Å². The van der Waals surface area contributed by atoms with Crippen LogP contribution in [-0.2, 0) is 4.74 Å². The molecule has 0 saturated carbocycles. The van der Waals surface area contributed by atoms with Gasteiger partial charge in [-0.15, -0.1) is 0 Å². The predicted octanol–water partition coefficient (Wildman–Crippen LogP) is 0.907. The van der Waals surface area contributed by atoms with Gasteiger partial charge in [-0.1, -0.05) is 0 Å². The highest BCUT2D eigenvalue weighted by atomic mass is 16.5. The van der Waals surface area contributed by atoms with Gasteiger partial charge >= 0.3 is 0 Å². The molecule has 3 atom stereocenters. The topological polar surface area (TPSA) is 97.8 Å². The SMILES string of the molecule is Cc1cc(N2C[C@H]3[C@H](CNC(=O)c4ccco4)CO[C@H]3C2)n2ncnc2n1. The third kappa shape index (κ3) is 2.84. The third-order valence-electron chi connectivity index (χ3n) is 5.39. The highest BCUT2D eigenvalue weighted by Gasteiger charge is 2.44. The van der Waals surface area contributed by atoms with E-state index in [-0.39, 0.29) is 17.9 Å². The molecule has 2 fully saturated rings. The standard InChI is InChI=1S/C18H20N6O3/c1-11-5-16(24-18(22-11)20-10-21-24)23-7-13-12(9-27-15(13)8-23)6-19-17(25)14-3-2-4-26-14/h2-5,10,12-13,15H,6-9H2,1H3,(H,19,25)/t12-,13+,15+/m1/s1. The number of aromatic nitrogens is 4. The fourth-order valence-electron chi connectivity index (χ4n) is 4.05. The Hall–Kier alpha value is -2.94. The lowest BCUT2D eigenvalue weighted by atomic mass is 9.93. The molecule has 140 valence electrons. The van der Waals surface area contributed by atoms with Crippen LogP contribution in [0.2, 0.25) is 0 Å². The summed E-state index contributed by atoms with van der Waals surface area (Å²) in [5.74, 6) is 2.35. The lowest BCUT2D eigenvalue weighted by molar-refractivity contribution is 0.0912. The first-order valence-corrected chi connectivity index (χ1v) is 9.04. The van der Waals surface area contributed by atoms with Crippen molar-refractivity contribution in [2.45, 2.75) is 13.0 Å². The molecule has 3 aromatic heterocycles. The zero-order valence-corrected chi connectivity index (χ0v) is 14.9. The van der Waals surface area contributed by atoms with Gasteiger partial charge in [0.25, 0.3) is 11.7 Å². The molecule has 1 N–H and O–H groups in total. The number of hydrogen-bond donors (Lipinski definition) is 1. The summed E-state index contributed by atoms with van der Waals surface area (Å²) in [5, 5.41) is 7.26. The van der Waals surface area contributed by atoms with E-state index in [1.807, 2.05) is 13.0 Å². The van der Waals surface area contributed by atoms with E-state index in [9.17, 15) is 4.79 Å². The highest BCUT2D eigenvalue weighted by molar-refractivity contribution is 5.91. The number of aryl methyl sites for hydroxylation is 1. The lowest BCUT2D eigenvalue weighted by Gasteiger charge is -2.22. The number of furan rings is 1. The van der Waals surface area contributed by atoms with Crippen LogP contribution < -0.4 is 10.2 Å². The monoisotopic (exact) mass is 368 g/mol.